The summed E-state index contributed by atoms with van der Waals surface area (Å²) in [6, 6.07) is 32.6. The molecule has 2 amide bonds. The lowest BCUT2D eigenvalue weighted by Crippen LogP contribution is -2.66. The van der Waals surface area contributed by atoms with Crippen molar-refractivity contribution in [2.45, 2.75) is 64.6 Å². The molecule has 4 atom stereocenters. The minimum absolute atomic E-state index is 0.0762. The summed E-state index contributed by atoms with van der Waals surface area (Å²) in [6.45, 7) is 10.0. The molecule has 0 radical (unpaired) electrons. The molecule has 7 rings (SSSR count). The molecule has 0 saturated carbocycles. The summed E-state index contributed by atoms with van der Waals surface area (Å²) in [5.74, 6) is -0.910. The number of likely N-dealkylation sites (tertiary alicyclic amines) is 1. The number of aromatic hydroxyl groups is 1. The molecular weight excluding hydrogens is 671 g/mol. The zero-order valence-corrected chi connectivity index (χ0v) is 31.7. The van der Waals surface area contributed by atoms with Gasteiger partial charge in [0.1, 0.15) is 5.75 Å². The maximum Gasteiger partial charge on any atom is 0.261 e. The van der Waals surface area contributed by atoms with E-state index < -0.39 is 20.2 Å². The van der Waals surface area contributed by atoms with Gasteiger partial charge in [0.2, 0.25) is 11.8 Å². The summed E-state index contributed by atoms with van der Waals surface area (Å²) < 4.78 is 14.1. The molecule has 1 N–H and O–H groups in total. The van der Waals surface area contributed by atoms with Crippen LogP contribution in [0.1, 0.15) is 57.4 Å². The minimum Gasteiger partial charge on any atom is -0.507 e. The van der Waals surface area contributed by atoms with Gasteiger partial charge in [-0.3, -0.25) is 14.5 Å². The minimum atomic E-state index is -2.87. The molecule has 2 saturated heterocycles. The van der Waals surface area contributed by atoms with Crippen molar-refractivity contribution >= 4 is 47.9 Å². The number of phenolic OH excluding ortho intramolecular Hbond substituents is 1. The Bertz CT molecular complexity index is 1890. The van der Waals surface area contributed by atoms with E-state index in [1.165, 1.54) is 15.3 Å². The molecule has 1 aromatic heterocycles. The van der Waals surface area contributed by atoms with E-state index in [9.17, 15) is 14.7 Å². The van der Waals surface area contributed by atoms with Crippen LogP contribution in [-0.2, 0) is 25.3 Å². The number of allylic oxidation sites excluding steroid dienone is 1. The first-order chi connectivity index (χ1) is 24.6. The number of phenols is 1. The molecule has 1 aliphatic carbocycles. The number of ether oxygens (including phenoxy) is 1. The second-order valence-corrected chi connectivity index (χ2v) is 20.5. The summed E-state index contributed by atoms with van der Waals surface area (Å²) in [5.41, 5.74) is 4.19. The molecule has 4 aromatic rings. The summed E-state index contributed by atoms with van der Waals surface area (Å²) in [5, 5.41) is 14.6. The molecule has 0 bridgehead atoms. The van der Waals surface area contributed by atoms with Crippen molar-refractivity contribution in [2.75, 3.05) is 13.2 Å². The monoisotopic (exact) mass is 717 g/mol. The van der Waals surface area contributed by atoms with Gasteiger partial charge in [0.15, 0.2) is 0 Å². The van der Waals surface area contributed by atoms with Crippen molar-refractivity contribution in [3.05, 3.63) is 130 Å². The number of carbonyl (C=O) groups excluding carboxylic acids is 2. The van der Waals surface area contributed by atoms with E-state index in [0.29, 0.717) is 26.2 Å². The average Bonchev–Trinajstić information content (AvgIpc) is 3.85. The Morgan fingerprint density at radius 2 is 1.59 bits per heavy atom. The fourth-order valence-electron chi connectivity index (χ4n) is 8.65. The summed E-state index contributed by atoms with van der Waals surface area (Å²) in [7, 11) is -2.87. The number of nitrogens with zero attached hydrogens (tertiary/aromatic N) is 1. The zero-order chi connectivity index (χ0) is 35.8. The summed E-state index contributed by atoms with van der Waals surface area (Å²) in [6.07, 6.45) is 3.84. The van der Waals surface area contributed by atoms with Crippen LogP contribution in [0.25, 0.3) is 6.08 Å². The lowest BCUT2D eigenvalue weighted by atomic mass is 9.69. The first kappa shape index (κ1) is 35.3. The van der Waals surface area contributed by atoms with Gasteiger partial charge < -0.3 is 14.3 Å². The standard InChI is InChI=1S/C43H47NO5SSi/c1-29(24-30-14-11-12-20-37(30)45)21-22-38-39-31(25-35-40(36(39)28-48-38)42(47)44(41(35)46)26-32-15-13-23-50-32)27-49-51(43(2,3)4,33-16-7-5-8-17-33)34-18-9-6-10-19-34/h5-20,23-24,35-36,38,40,45H,21-22,25-28H2,1-4H3/b29-24+/t35-,36+,38-,40-/m1/s1. The lowest BCUT2D eigenvalue weighted by molar-refractivity contribution is -0.140. The predicted molar refractivity (Wildman–Crippen MR) is 206 cm³/mol. The van der Waals surface area contributed by atoms with Crippen LogP contribution < -0.4 is 10.4 Å². The van der Waals surface area contributed by atoms with E-state index >= 15 is 0 Å². The van der Waals surface area contributed by atoms with E-state index in [2.05, 4.69) is 76.2 Å². The van der Waals surface area contributed by atoms with Crippen LogP contribution in [0.3, 0.4) is 0 Å². The number of thiophene rings is 1. The number of hydrogen-bond acceptors (Lipinski definition) is 6. The normalized spacial score (nSPS) is 22.4. The van der Waals surface area contributed by atoms with Crippen LogP contribution >= 0.6 is 11.3 Å². The second-order valence-electron chi connectivity index (χ2n) is 15.2. The van der Waals surface area contributed by atoms with Crippen molar-refractivity contribution < 1.29 is 23.9 Å². The number of rotatable bonds is 11. The predicted octanol–water partition coefficient (Wildman–Crippen LogP) is 7.73. The van der Waals surface area contributed by atoms with Crippen molar-refractivity contribution in [2.24, 2.45) is 17.8 Å². The largest absolute Gasteiger partial charge is 0.507 e. The first-order valence-corrected chi connectivity index (χ1v) is 20.8. The highest BCUT2D eigenvalue weighted by atomic mass is 32.1. The Hall–Kier alpha value is -4.08. The molecular formula is C43H47NO5SSi. The molecule has 8 heteroatoms. The fourth-order valence-corrected chi connectivity index (χ4v) is 13.9. The molecule has 0 spiro atoms. The van der Waals surface area contributed by atoms with Gasteiger partial charge >= 0.3 is 0 Å². The van der Waals surface area contributed by atoms with Crippen molar-refractivity contribution in [1.82, 2.24) is 4.90 Å². The molecule has 2 aliphatic heterocycles. The summed E-state index contributed by atoms with van der Waals surface area (Å²) in [4.78, 5) is 30.7. The fraction of sp³-hybridized carbons (Fsp3) is 0.349. The van der Waals surface area contributed by atoms with E-state index in [4.69, 9.17) is 9.16 Å². The smallest absolute Gasteiger partial charge is 0.261 e. The van der Waals surface area contributed by atoms with Crippen LogP contribution in [0.2, 0.25) is 5.04 Å². The number of imide groups is 1. The maximum absolute atomic E-state index is 14.1. The van der Waals surface area contributed by atoms with Crippen LogP contribution in [0.4, 0.5) is 0 Å². The average molecular weight is 718 g/mol. The Morgan fingerprint density at radius 3 is 2.22 bits per heavy atom. The number of benzene rings is 3. The number of para-hydroxylation sites is 1. The Balaban J connectivity index is 1.25. The molecule has 3 aliphatic rings. The lowest BCUT2D eigenvalue weighted by Gasteiger charge is -2.44. The van der Waals surface area contributed by atoms with E-state index in [1.807, 2.05) is 53.9 Å². The van der Waals surface area contributed by atoms with Gasteiger partial charge in [0, 0.05) is 16.4 Å². The molecule has 3 aromatic carbocycles. The van der Waals surface area contributed by atoms with Gasteiger partial charge in [-0.1, -0.05) is 117 Å². The number of hydrogen-bond donors (Lipinski definition) is 1. The van der Waals surface area contributed by atoms with Crippen LogP contribution in [0.5, 0.6) is 5.75 Å². The topological polar surface area (TPSA) is 76.1 Å². The quantitative estimate of drug-likeness (QED) is 0.0977. The molecule has 3 heterocycles. The zero-order valence-electron chi connectivity index (χ0n) is 29.9. The maximum atomic E-state index is 14.1. The van der Waals surface area contributed by atoms with Gasteiger partial charge in [0.05, 0.1) is 37.7 Å². The van der Waals surface area contributed by atoms with Gasteiger partial charge in [-0.2, -0.15) is 0 Å². The number of carbonyl (C=O) groups is 2. The molecule has 2 fully saturated rings. The molecule has 0 unspecified atom stereocenters. The van der Waals surface area contributed by atoms with Crippen molar-refractivity contribution in [3.63, 3.8) is 0 Å². The van der Waals surface area contributed by atoms with Crippen molar-refractivity contribution in [1.29, 1.82) is 0 Å². The highest BCUT2D eigenvalue weighted by molar-refractivity contribution is 7.09. The third kappa shape index (κ3) is 6.71. The number of amides is 2. The SMILES string of the molecule is C/C(=C\c1ccccc1O)CC[C@H]1OC[C@H]2C1=C(CO[Si](c1ccccc1)(c1ccccc1)C(C)(C)C)C[C@H]1C(=O)N(Cc3cccs3)C(=O)[C@H]12. The van der Waals surface area contributed by atoms with Crippen LogP contribution in [0, 0.1) is 17.8 Å². The molecule has 51 heavy (non-hydrogen) atoms. The van der Waals surface area contributed by atoms with Gasteiger partial charge in [-0.05, 0) is 70.3 Å². The van der Waals surface area contributed by atoms with Gasteiger partial charge in [-0.25, -0.2) is 0 Å². The third-order valence-corrected chi connectivity index (χ3v) is 16.9. The molecule has 6 nitrogen and oxygen atoms in total. The third-order valence-electron chi connectivity index (χ3n) is 11.0. The Morgan fingerprint density at radius 1 is 0.922 bits per heavy atom. The highest BCUT2D eigenvalue weighted by Gasteiger charge is 2.57. The van der Waals surface area contributed by atoms with E-state index in [0.717, 1.165) is 40.0 Å². The first-order valence-electron chi connectivity index (χ1n) is 18.0. The Labute approximate surface area is 306 Å². The van der Waals surface area contributed by atoms with Gasteiger partial charge in [-0.15, -0.1) is 11.3 Å². The van der Waals surface area contributed by atoms with E-state index in [1.54, 1.807) is 17.4 Å². The molecule has 264 valence electrons. The van der Waals surface area contributed by atoms with Gasteiger partial charge in [0.25, 0.3) is 8.32 Å². The van der Waals surface area contributed by atoms with Crippen LogP contribution in [-0.4, -0.2) is 49.5 Å². The van der Waals surface area contributed by atoms with E-state index in [-0.39, 0.29) is 34.6 Å². The van der Waals surface area contributed by atoms with Crippen LogP contribution in [0.15, 0.2) is 119 Å². The highest BCUT2D eigenvalue weighted by Crippen LogP contribution is 2.51. The van der Waals surface area contributed by atoms with Crippen molar-refractivity contribution in [3.8, 4) is 5.75 Å². The number of fused-ring (bicyclic) bond motifs is 3. The second kappa shape index (κ2) is 14.5. The summed E-state index contributed by atoms with van der Waals surface area (Å²) >= 11 is 1.57. The Kier molecular flexibility index (Phi) is 10.0.